The van der Waals surface area contributed by atoms with Gasteiger partial charge >= 0.3 is 5.97 Å². The van der Waals surface area contributed by atoms with E-state index < -0.39 is 11.9 Å². The van der Waals surface area contributed by atoms with Gasteiger partial charge in [0.2, 0.25) is 0 Å². The Kier molecular flexibility index (Phi) is 5.01. The van der Waals surface area contributed by atoms with Gasteiger partial charge in [0, 0.05) is 26.7 Å². The van der Waals surface area contributed by atoms with Crippen molar-refractivity contribution in [1.82, 2.24) is 4.90 Å². The summed E-state index contributed by atoms with van der Waals surface area (Å²) in [6.07, 6.45) is -0.259. The molecule has 0 aromatic rings. The number of morpholine rings is 1. The maximum absolute atomic E-state index is 11.0. The number of rotatable bonds is 5. The lowest BCUT2D eigenvalue weighted by atomic mass is 10.0. The van der Waals surface area contributed by atoms with Crippen molar-refractivity contribution in [2.75, 3.05) is 40.0 Å². The molecule has 2 atom stereocenters. The summed E-state index contributed by atoms with van der Waals surface area (Å²) < 4.78 is 10.3. The molecule has 1 saturated heterocycles. The Hall–Kier alpha value is -0.650. The van der Waals surface area contributed by atoms with Crippen molar-refractivity contribution in [3.05, 3.63) is 0 Å². The van der Waals surface area contributed by atoms with Crippen molar-refractivity contribution >= 4 is 5.97 Å². The minimum absolute atomic E-state index is 0.259. The van der Waals surface area contributed by atoms with Crippen LogP contribution >= 0.6 is 0 Å². The first-order chi connectivity index (χ1) is 7.15. The quantitative estimate of drug-likeness (QED) is 0.705. The molecule has 0 aromatic heterocycles. The molecule has 0 radical (unpaired) electrons. The van der Waals surface area contributed by atoms with Crippen LogP contribution in [0.1, 0.15) is 6.92 Å². The van der Waals surface area contributed by atoms with E-state index in [1.807, 2.05) is 0 Å². The highest BCUT2D eigenvalue weighted by atomic mass is 16.5. The highest BCUT2D eigenvalue weighted by Gasteiger charge is 2.27. The fourth-order valence-corrected chi connectivity index (χ4v) is 1.65. The van der Waals surface area contributed by atoms with Crippen LogP contribution in [-0.2, 0) is 14.3 Å². The second-order valence-electron chi connectivity index (χ2n) is 3.80. The second-order valence-corrected chi connectivity index (χ2v) is 3.80. The van der Waals surface area contributed by atoms with Gasteiger partial charge in [0.05, 0.1) is 25.2 Å². The molecular weight excluding hydrogens is 198 g/mol. The number of methoxy groups -OCH3 is 1. The normalized spacial score (nSPS) is 22.3. The van der Waals surface area contributed by atoms with Crippen LogP contribution in [0.2, 0.25) is 0 Å². The topological polar surface area (TPSA) is 59.0 Å². The lowest BCUT2D eigenvalue weighted by Crippen LogP contribution is -2.44. The SMILES string of the molecule is COC(C)C(CN1CCOCC1)C(=O)O. The van der Waals surface area contributed by atoms with Gasteiger partial charge in [0.15, 0.2) is 0 Å². The molecule has 0 amide bonds. The van der Waals surface area contributed by atoms with Crippen molar-refractivity contribution in [3.63, 3.8) is 0 Å². The van der Waals surface area contributed by atoms with Crippen molar-refractivity contribution in [1.29, 1.82) is 0 Å². The van der Waals surface area contributed by atoms with Gasteiger partial charge in [0.25, 0.3) is 0 Å². The van der Waals surface area contributed by atoms with Crippen molar-refractivity contribution < 1.29 is 19.4 Å². The van der Waals surface area contributed by atoms with Gasteiger partial charge in [-0.15, -0.1) is 0 Å². The first-order valence-electron chi connectivity index (χ1n) is 5.21. The molecular formula is C10H19NO4. The van der Waals surface area contributed by atoms with E-state index in [1.54, 1.807) is 14.0 Å². The molecule has 0 aliphatic carbocycles. The van der Waals surface area contributed by atoms with Crippen LogP contribution in [-0.4, -0.2) is 62.0 Å². The van der Waals surface area contributed by atoms with Gasteiger partial charge in [-0.05, 0) is 6.92 Å². The molecule has 0 saturated carbocycles. The number of carbonyl (C=O) groups is 1. The minimum Gasteiger partial charge on any atom is -0.481 e. The molecule has 1 N–H and O–H groups in total. The molecule has 15 heavy (non-hydrogen) atoms. The molecule has 0 aromatic carbocycles. The molecule has 5 heteroatoms. The average molecular weight is 217 g/mol. The molecule has 1 fully saturated rings. The highest BCUT2D eigenvalue weighted by molar-refractivity contribution is 5.70. The smallest absolute Gasteiger partial charge is 0.310 e. The lowest BCUT2D eigenvalue weighted by Gasteiger charge is -2.30. The van der Waals surface area contributed by atoms with E-state index in [9.17, 15) is 4.79 Å². The Bertz CT molecular complexity index is 204. The maximum Gasteiger partial charge on any atom is 0.310 e. The van der Waals surface area contributed by atoms with Crippen LogP contribution < -0.4 is 0 Å². The molecule has 1 aliphatic heterocycles. The maximum atomic E-state index is 11.0. The van der Waals surface area contributed by atoms with Crippen LogP contribution in [0.4, 0.5) is 0 Å². The third kappa shape index (κ3) is 3.77. The lowest BCUT2D eigenvalue weighted by molar-refractivity contribution is -0.147. The summed E-state index contributed by atoms with van der Waals surface area (Å²) in [5.74, 6) is -1.26. The number of carboxylic acid groups (broad SMARTS) is 1. The Labute approximate surface area is 90.0 Å². The van der Waals surface area contributed by atoms with Crippen LogP contribution in [0.25, 0.3) is 0 Å². The monoisotopic (exact) mass is 217 g/mol. The van der Waals surface area contributed by atoms with Crippen molar-refractivity contribution in [3.8, 4) is 0 Å². The molecule has 1 aliphatic rings. The molecule has 5 nitrogen and oxygen atoms in total. The second kappa shape index (κ2) is 6.05. The zero-order valence-corrected chi connectivity index (χ0v) is 9.31. The van der Waals surface area contributed by atoms with Crippen molar-refractivity contribution in [2.45, 2.75) is 13.0 Å². The summed E-state index contributed by atoms with van der Waals surface area (Å²) in [6.45, 7) is 5.31. The summed E-state index contributed by atoms with van der Waals surface area (Å²) in [5, 5.41) is 9.07. The van der Waals surface area contributed by atoms with Gasteiger partial charge in [-0.3, -0.25) is 9.69 Å². The summed E-state index contributed by atoms with van der Waals surface area (Å²) in [4.78, 5) is 13.1. The van der Waals surface area contributed by atoms with Crippen LogP contribution in [0, 0.1) is 5.92 Å². The predicted molar refractivity (Wildman–Crippen MR) is 54.9 cm³/mol. The van der Waals surface area contributed by atoms with Gasteiger partial charge in [-0.1, -0.05) is 0 Å². The van der Waals surface area contributed by atoms with E-state index in [2.05, 4.69) is 4.90 Å². The van der Waals surface area contributed by atoms with E-state index in [0.29, 0.717) is 19.8 Å². The molecule has 0 bridgehead atoms. The number of aliphatic carboxylic acids is 1. The fraction of sp³-hybridized carbons (Fsp3) is 0.900. The van der Waals surface area contributed by atoms with Gasteiger partial charge in [-0.25, -0.2) is 0 Å². The van der Waals surface area contributed by atoms with Gasteiger partial charge in [-0.2, -0.15) is 0 Å². The number of nitrogens with zero attached hydrogens (tertiary/aromatic N) is 1. The summed E-state index contributed by atoms with van der Waals surface area (Å²) in [5.41, 5.74) is 0. The van der Waals surface area contributed by atoms with Crippen LogP contribution in [0.5, 0.6) is 0 Å². The van der Waals surface area contributed by atoms with Crippen molar-refractivity contribution in [2.24, 2.45) is 5.92 Å². The molecule has 0 spiro atoms. The molecule has 88 valence electrons. The van der Waals surface area contributed by atoms with E-state index in [4.69, 9.17) is 14.6 Å². The largest absolute Gasteiger partial charge is 0.481 e. The van der Waals surface area contributed by atoms with E-state index in [0.717, 1.165) is 13.1 Å². The molecule has 2 unspecified atom stereocenters. The summed E-state index contributed by atoms with van der Waals surface area (Å²) in [7, 11) is 1.54. The Balaban J connectivity index is 2.45. The number of ether oxygens (including phenoxy) is 2. The number of hydrogen-bond acceptors (Lipinski definition) is 4. The number of hydrogen-bond donors (Lipinski definition) is 1. The zero-order chi connectivity index (χ0) is 11.3. The standard InChI is InChI=1S/C10H19NO4/c1-8(14-2)9(10(12)13)7-11-3-5-15-6-4-11/h8-9H,3-7H2,1-2H3,(H,12,13). The Morgan fingerprint density at radius 1 is 1.53 bits per heavy atom. The summed E-state index contributed by atoms with van der Waals surface area (Å²) in [6, 6.07) is 0. The highest BCUT2D eigenvalue weighted by Crippen LogP contribution is 2.11. The van der Waals surface area contributed by atoms with E-state index in [-0.39, 0.29) is 6.10 Å². The molecule has 1 heterocycles. The van der Waals surface area contributed by atoms with Crippen LogP contribution in [0.3, 0.4) is 0 Å². The number of carboxylic acids is 1. The third-order valence-electron chi connectivity index (χ3n) is 2.81. The minimum atomic E-state index is -0.796. The zero-order valence-electron chi connectivity index (χ0n) is 9.31. The average Bonchev–Trinajstić information content (AvgIpc) is 2.26. The van der Waals surface area contributed by atoms with E-state index in [1.165, 1.54) is 0 Å². The first kappa shape index (κ1) is 12.4. The fourth-order valence-electron chi connectivity index (χ4n) is 1.65. The summed E-state index contributed by atoms with van der Waals surface area (Å²) >= 11 is 0. The predicted octanol–water partition coefficient (Wildman–Crippen LogP) is 0.0543. The van der Waals surface area contributed by atoms with Gasteiger partial charge < -0.3 is 14.6 Å². The Morgan fingerprint density at radius 2 is 2.13 bits per heavy atom. The van der Waals surface area contributed by atoms with E-state index >= 15 is 0 Å². The third-order valence-corrected chi connectivity index (χ3v) is 2.81. The van der Waals surface area contributed by atoms with Crippen LogP contribution in [0.15, 0.2) is 0 Å². The molecule has 1 rings (SSSR count). The first-order valence-corrected chi connectivity index (χ1v) is 5.21. The van der Waals surface area contributed by atoms with Gasteiger partial charge in [0.1, 0.15) is 0 Å². The Morgan fingerprint density at radius 3 is 2.60 bits per heavy atom.